The van der Waals surface area contributed by atoms with Gasteiger partial charge < -0.3 is 15.8 Å². The molecule has 1 aliphatic carbocycles. The van der Waals surface area contributed by atoms with Crippen molar-refractivity contribution in [3.8, 4) is 0 Å². The number of nitrogens with zero attached hydrogens (tertiary/aromatic N) is 2. The van der Waals surface area contributed by atoms with Crippen LogP contribution in [0.5, 0.6) is 0 Å². The molecule has 8 heteroatoms. The summed E-state index contributed by atoms with van der Waals surface area (Å²) >= 11 is 0. The molecule has 0 saturated heterocycles. The van der Waals surface area contributed by atoms with Crippen LogP contribution in [0.15, 0.2) is 5.16 Å². The van der Waals surface area contributed by atoms with Gasteiger partial charge in [0.15, 0.2) is 5.84 Å². The first-order chi connectivity index (χ1) is 8.66. The van der Waals surface area contributed by atoms with Crippen molar-refractivity contribution in [3.05, 3.63) is 0 Å². The third-order valence-corrected chi connectivity index (χ3v) is 3.44. The van der Waals surface area contributed by atoms with E-state index in [0.29, 0.717) is 17.7 Å². The second-order valence-corrected chi connectivity index (χ2v) is 5.02. The van der Waals surface area contributed by atoms with Crippen molar-refractivity contribution in [2.45, 2.75) is 32.9 Å². The summed E-state index contributed by atoms with van der Waals surface area (Å²) < 4.78 is 37.3. The van der Waals surface area contributed by atoms with Crippen LogP contribution in [0.1, 0.15) is 26.7 Å². The standard InChI is InChI=1S/C11H18F3N3O2/c1-3-17(6-11(12,13)14)9(18)10(8(15)16-19)4-7(2)5-10/h7,19H,3-6H2,1-2H3,(H2,15,16). The average molecular weight is 281 g/mol. The van der Waals surface area contributed by atoms with Crippen LogP contribution in [0.2, 0.25) is 0 Å². The van der Waals surface area contributed by atoms with Crippen LogP contribution in [0, 0.1) is 11.3 Å². The Labute approximate surface area is 109 Å². The number of hydrogen-bond acceptors (Lipinski definition) is 3. The van der Waals surface area contributed by atoms with Gasteiger partial charge in [0, 0.05) is 6.54 Å². The summed E-state index contributed by atoms with van der Waals surface area (Å²) in [5, 5.41) is 11.5. The first-order valence-electron chi connectivity index (χ1n) is 6.00. The Morgan fingerprint density at radius 1 is 1.53 bits per heavy atom. The van der Waals surface area contributed by atoms with Gasteiger partial charge in [-0.2, -0.15) is 13.2 Å². The highest BCUT2D eigenvalue weighted by Gasteiger charge is 2.54. The molecule has 0 bridgehead atoms. The smallest absolute Gasteiger partial charge is 0.406 e. The second kappa shape index (κ2) is 5.26. The predicted octanol–water partition coefficient (Wildman–Crippen LogP) is 1.56. The fraction of sp³-hybridized carbons (Fsp3) is 0.818. The Morgan fingerprint density at radius 3 is 2.37 bits per heavy atom. The maximum absolute atomic E-state index is 12.4. The molecule has 1 amide bonds. The number of amides is 1. The number of hydrogen-bond donors (Lipinski definition) is 2. The Hall–Kier alpha value is -1.47. The van der Waals surface area contributed by atoms with Crippen LogP contribution in [0.25, 0.3) is 0 Å². The van der Waals surface area contributed by atoms with E-state index in [0.717, 1.165) is 0 Å². The summed E-state index contributed by atoms with van der Waals surface area (Å²) in [7, 11) is 0. The molecule has 0 heterocycles. The molecule has 0 atom stereocenters. The summed E-state index contributed by atoms with van der Waals surface area (Å²) in [6.45, 7) is 1.92. The quantitative estimate of drug-likeness (QED) is 0.355. The second-order valence-electron chi connectivity index (χ2n) is 5.02. The van der Waals surface area contributed by atoms with Gasteiger partial charge >= 0.3 is 6.18 Å². The predicted molar refractivity (Wildman–Crippen MR) is 62.5 cm³/mol. The van der Waals surface area contributed by atoms with Crippen molar-refractivity contribution >= 4 is 11.7 Å². The molecule has 0 radical (unpaired) electrons. The highest BCUT2D eigenvalue weighted by atomic mass is 19.4. The number of halogens is 3. The first kappa shape index (κ1) is 15.6. The number of rotatable bonds is 4. The first-order valence-corrected chi connectivity index (χ1v) is 6.00. The molecule has 1 rings (SSSR count). The molecule has 0 spiro atoms. The number of nitrogens with two attached hydrogens (primary N) is 1. The Balaban J connectivity index is 2.94. The van der Waals surface area contributed by atoms with Crippen molar-refractivity contribution in [2.75, 3.05) is 13.1 Å². The monoisotopic (exact) mass is 281 g/mol. The highest BCUT2D eigenvalue weighted by molar-refractivity contribution is 6.07. The Kier molecular flexibility index (Phi) is 4.32. The van der Waals surface area contributed by atoms with Crippen LogP contribution in [-0.4, -0.2) is 41.1 Å². The molecule has 19 heavy (non-hydrogen) atoms. The van der Waals surface area contributed by atoms with Crippen molar-refractivity contribution < 1.29 is 23.2 Å². The van der Waals surface area contributed by atoms with Gasteiger partial charge in [-0.3, -0.25) is 4.79 Å². The average Bonchev–Trinajstić information content (AvgIpc) is 2.28. The third-order valence-electron chi connectivity index (χ3n) is 3.44. The number of amidine groups is 1. The van der Waals surface area contributed by atoms with Crippen LogP contribution in [0.4, 0.5) is 13.2 Å². The lowest BCUT2D eigenvalue weighted by molar-refractivity contribution is -0.168. The van der Waals surface area contributed by atoms with Gasteiger partial charge in [-0.25, -0.2) is 0 Å². The van der Waals surface area contributed by atoms with E-state index in [1.165, 1.54) is 6.92 Å². The van der Waals surface area contributed by atoms with E-state index in [9.17, 15) is 18.0 Å². The van der Waals surface area contributed by atoms with E-state index in [1.807, 2.05) is 6.92 Å². The molecule has 0 unspecified atom stereocenters. The third kappa shape index (κ3) is 3.10. The molecule has 1 saturated carbocycles. The van der Waals surface area contributed by atoms with Gasteiger partial charge in [-0.1, -0.05) is 12.1 Å². The molecule has 1 fully saturated rings. The highest BCUT2D eigenvalue weighted by Crippen LogP contribution is 2.47. The number of carbonyl (C=O) groups is 1. The normalized spacial score (nSPS) is 27.8. The van der Waals surface area contributed by atoms with Gasteiger partial charge in [0.25, 0.3) is 0 Å². The fourth-order valence-electron chi connectivity index (χ4n) is 2.57. The number of carbonyl (C=O) groups excluding carboxylic acids is 1. The van der Waals surface area contributed by atoms with Crippen LogP contribution in [-0.2, 0) is 4.79 Å². The Morgan fingerprint density at radius 2 is 2.05 bits per heavy atom. The zero-order valence-corrected chi connectivity index (χ0v) is 10.9. The minimum Gasteiger partial charge on any atom is -0.409 e. The van der Waals surface area contributed by atoms with Crippen LogP contribution in [0.3, 0.4) is 0 Å². The number of alkyl halides is 3. The summed E-state index contributed by atoms with van der Waals surface area (Å²) in [5.41, 5.74) is 4.22. The maximum atomic E-state index is 12.4. The van der Waals surface area contributed by atoms with Gasteiger partial charge in [0.1, 0.15) is 12.0 Å². The van der Waals surface area contributed by atoms with Gasteiger partial charge in [0.05, 0.1) is 0 Å². The van der Waals surface area contributed by atoms with Gasteiger partial charge in [-0.15, -0.1) is 0 Å². The van der Waals surface area contributed by atoms with Crippen molar-refractivity contribution in [2.24, 2.45) is 22.2 Å². The van der Waals surface area contributed by atoms with Crippen molar-refractivity contribution in [1.29, 1.82) is 0 Å². The van der Waals surface area contributed by atoms with Crippen LogP contribution >= 0.6 is 0 Å². The van der Waals surface area contributed by atoms with E-state index in [4.69, 9.17) is 10.9 Å². The molecular formula is C11H18F3N3O2. The van der Waals surface area contributed by atoms with E-state index in [-0.39, 0.29) is 18.3 Å². The van der Waals surface area contributed by atoms with Gasteiger partial charge in [0.2, 0.25) is 5.91 Å². The van der Waals surface area contributed by atoms with E-state index < -0.39 is 24.0 Å². The molecule has 5 nitrogen and oxygen atoms in total. The SMILES string of the molecule is CCN(CC(F)(F)F)C(=O)C1(C(N)=NO)CC(C)C1. The molecule has 0 aliphatic heterocycles. The van der Waals surface area contributed by atoms with Crippen molar-refractivity contribution in [1.82, 2.24) is 4.90 Å². The summed E-state index contributed by atoms with van der Waals surface area (Å²) in [6, 6.07) is 0. The van der Waals surface area contributed by atoms with E-state index in [1.54, 1.807) is 0 Å². The molecule has 110 valence electrons. The molecule has 0 aromatic rings. The zero-order chi connectivity index (χ0) is 14.8. The lowest BCUT2D eigenvalue weighted by Gasteiger charge is -2.46. The molecule has 1 aliphatic rings. The minimum absolute atomic E-state index is 0.0762. The molecule has 3 N–H and O–H groups in total. The molecule has 0 aromatic carbocycles. The summed E-state index contributed by atoms with van der Waals surface area (Å²) in [5.74, 6) is -0.870. The molecular weight excluding hydrogens is 263 g/mol. The molecule has 0 aromatic heterocycles. The lowest BCUT2D eigenvalue weighted by atomic mass is 9.61. The van der Waals surface area contributed by atoms with E-state index in [2.05, 4.69) is 5.16 Å². The lowest BCUT2D eigenvalue weighted by Crippen LogP contribution is -2.58. The largest absolute Gasteiger partial charge is 0.409 e. The Bertz CT molecular complexity index is 376. The topological polar surface area (TPSA) is 78.9 Å². The van der Waals surface area contributed by atoms with Crippen molar-refractivity contribution in [3.63, 3.8) is 0 Å². The minimum atomic E-state index is -4.46. The summed E-state index contributed by atoms with van der Waals surface area (Å²) in [4.78, 5) is 13.0. The van der Waals surface area contributed by atoms with E-state index >= 15 is 0 Å². The van der Waals surface area contributed by atoms with Gasteiger partial charge in [-0.05, 0) is 25.7 Å². The fourth-order valence-corrected chi connectivity index (χ4v) is 2.57. The van der Waals surface area contributed by atoms with Crippen LogP contribution < -0.4 is 5.73 Å². The number of oxime groups is 1. The zero-order valence-electron chi connectivity index (χ0n) is 10.9. The summed E-state index contributed by atoms with van der Waals surface area (Å²) in [6.07, 6.45) is -3.86. The maximum Gasteiger partial charge on any atom is 0.406 e.